The Morgan fingerprint density at radius 3 is 2.60 bits per heavy atom. The van der Waals surface area contributed by atoms with Crippen LogP contribution < -0.4 is 5.73 Å². The van der Waals surface area contributed by atoms with Gasteiger partial charge in [-0.25, -0.2) is 0 Å². The van der Waals surface area contributed by atoms with Crippen molar-refractivity contribution in [3.8, 4) is 0 Å². The Morgan fingerprint density at radius 1 is 1.30 bits per heavy atom. The number of benzene rings is 1. The summed E-state index contributed by atoms with van der Waals surface area (Å²) in [6, 6.07) is 9.65. The summed E-state index contributed by atoms with van der Waals surface area (Å²) in [7, 11) is 2.25. The van der Waals surface area contributed by atoms with Crippen LogP contribution in [0.25, 0.3) is 0 Å². The van der Waals surface area contributed by atoms with Crippen LogP contribution in [0, 0.1) is 5.92 Å². The highest BCUT2D eigenvalue weighted by molar-refractivity contribution is 9.10. The summed E-state index contributed by atoms with van der Waals surface area (Å²) in [4.78, 5) is 2.52. The highest BCUT2D eigenvalue weighted by atomic mass is 79.9. The smallest absolute Gasteiger partial charge is 0.0496 e. The van der Waals surface area contributed by atoms with Gasteiger partial charge in [-0.2, -0.15) is 0 Å². The normalized spacial score (nSPS) is 26.5. The molecule has 0 aromatic heterocycles. The van der Waals surface area contributed by atoms with Crippen molar-refractivity contribution in [2.24, 2.45) is 11.7 Å². The zero-order valence-electron chi connectivity index (χ0n) is 12.8. The van der Waals surface area contributed by atoms with Crippen LogP contribution in [-0.4, -0.2) is 24.0 Å². The average Bonchev–Trinajstić information content (AvgIpc) is 2.39. The molecule has 2 N–H and O–H groups in total. The second kappa shape index (κ2) is 7.06. The first kappa shape index (κ1) is 16.0. The van der Waals surface area contributed by atoms with Crippen LogP contribution in [0.1, 0.15) is 51.1 Å². The van der Waals surface area contributed by atoms with Gasteiger partial charge in [0.2, 0.25) is 0 Å². The SMILES string of the molecule is CC(N)C(c1cccc(Br)c1)N(C)C1CCCCC1C. The molecule has 0 radical (unpaired) electrons. The molecule has 1 aromatic rings. The molecule has 0 aliphatic heterocycles. The molecule has 0 spiro atoms. The van der Waals surface area contributed by atoms with Crippen molar-refractivity contribution in [1.82, 2.24) is 4.90 Å². The van der Waals surface area contributed by atoms with Gasteiger partial charge in [0.05, 0.1) is 0 Å². The molecule has 1 aliphatic carbocycles. The van der Waals surface area contributed by atoms with Gasteiger partial charge in [0, 0.05) is 22.6 Å². The van der Waals surface area contributed by atoms with Crippen LogP contribution >= 0.6 is 15.9 Å². The first-order chi connectivity index (χ1) is 9.50. The number of nitrogens with zero attached hydrogens (tertiary/aromatic N) is 1. The lowest BCUT2D eigenvalue weighted by Gasteiger charge is -2.42. The Labute approximate surface area is 131 Å². The minimum absolute atomic E-state index is 0.128. The van der Waals surface area contributed by atoms with E-state index in [4.69, 9.17) is 5.73 Å². The fourth-order valence-corrected chi connectivity index (χ4v) is 4.13. The topological polar surface area (TPSA) is 29.3 Å². The standard InChI is InChI=1S/C17H27BrN2/c1-12-7-4-5-10-16(12)20(3)17(13(2)19)14-8-6-9-15(18)11-14/h6,8-9,11-13,16-17H,4-5,7,10,19H2,1-3H3. The van der Waals surface area contributed by atoms with Crippen molar-refractivity contribution in [1.29, 1.82) is 0 Å². The molecule has 0 bridgehead atoms. The largest absolute Gasteiger partial charge is 0.326 e. The molecular weight excluding hydrogens is 312 g/mol. The molecule has 112 valence electrons. The molecule has 0 amide bonds. The Kier molecular flexibility index (Phi) is 5.65. The van der Waals surface area contributed by atoms with Crippen molar-refractivity contribution >= 4 is 15.9 Å². The molecule has 1 aromatic carbocycles. The number of likely N-dealkylation sites (N-methyl/N-ethyl adjacent to an activating group) is 1. The molecular formula is C17H27BrN2. The van der Waals surface area contributed by atoms with E-state index >= 15 is 0 Å². The molecule has 3 heteroatoms. The summed E-state index contributed by atoms with van der Waals surface area (Å²) in [6.45, 7) is 4.51. The first-order valence-electron chi connectivity index (χ1n) is 7.73. The number of hydrogen-bond donors (Lipinski definition) is 1. The maximum Gasteiger partial charge on any atom is 0.0496 e. The lowest BCUT2D eigenvalue weighted by atomic mass is 9.83. The molecule has 4 atom stereocenters. The van der Waals surface area contributed by atoms with Gasteiger partial charge in [0.25, 0.3) is 0 Å². The third-order valence-corrected chi connectivity index (χ3v) is 5.21. The van der Waals surface area contributed by atoms with Gasteiger partial charge in [0.1, 0.15) is 0 Å². The van der Waals surface area contributed by atoms with Gasteiger partial charge in [-0.05, 0) is 50.4 Å². The number of halogens is 1. The van der Waals surface area contributed by atoms with Crippen LogP contribution in [0.5, 0.6) is 0 Å². The first-order valence-corrected chi connectivity index (χ1v) is 8.53. The molecule has 0 heterocycles. The van der Waals surface area contributed by atoms with E-state index in [2.05, 4.69) is 66.0 Å². The molecule has 1 aliphatic rings. The highest BCUT2D eigenvalue weighted by Gasteiger charge is 2.31. The summed E-state index contributed by atoms with van der Waals surface area (Å²) in [5.74, 6) is 0.766. The fraction of sp³-hybridized carbons (Fsp3) is 0.647. The number of nitrogens with two attached hydrogens (primary N) is 1. The monoisotopic (exact) mass is 338 g/mol. The summed E-state index contributed by atoms with van der Waals surface area (Å²) in [5, 5.41) is 0. The Morgan fingerprint density at radius 2 is 2.00 bits per heavy atom. The van der Waals surface area contributed by atoms with E-state index in [-0.39, 0.29) is 12.1 Å². The lowest BCUT2D eigenvalue weighted by Crippen LogP contribution is -2.46. The van der Waals surface area contributed by atoms with Gasteiger partial charge in [0.15, 0.2) is 0 Å². The molecule has 2 nitrogen and oxygen atoms in total. The Balaban J connectivity index is 2.23. The van der Waals surface area contributed by atoms with E-state index in [1.165, 1.54) is 31.2 Å². The van der Waals surface area contributed by atoms with Gasteiger partial charge < -0.3 is 5.73 Å². The van der Waals surface area contributed by atoms with Crippen molar-refractivity contribution in [3.63, 3.8) is 0 Å². The molecule has 20 heavy (non-hydrogen) atoms. The quantitative estimate of drug-likeness (QED) is 0.884. The van der Waals surface area contributed by atoms with Gasteiger partial charge in [-0.15, -0.1) is 0 Å². The molecule has 2 rings (SSSR count). The maximum absolute atomic E-state index is 6.31. The van der Waals surface area contributed by atoms with Crippen LogP contribution in [0.15, 0.2) is 28.7 Å². The predicted octanol–water partition coefficient (Wildman–Crippen LogP) is 4.35. The zero-order valence-corrected chi connectivity index (χ0v) is 14.4. The van der Waals surface area contributed by atoms with Crippen LogP contribution in [0.3, 0.4) is 0 Å². The minimum Gasteiger partial charge on any atom is -0.326 e. The average molecular weight is 339 g/mol. The summed E-state index contributed by atoms with van der Waals surface area (Å²) in [5.41, 5.74) is 7.63. The fourth-order valence-electron chi connectivity index (χ4n) is 3.71. The molecule has 1 fully saturated rings. The zero-order chi connectivity index (χ0) is 14.7. The second-order valence-electron chi connectivity index (χ2n) is 6.35. The van der Waals surface area contributed by atoms with E-state index in [1.54, 1.807) is 0 Å². The molecule has 1 saturated carbocycles. The van der Waals surface area contributed by atoms with E-state index < -0.39 is 0 Å². The predicted molar refractivity (Wildman–Crippen MR) is 89.7 cm³/mol. The summed E-state index contributed by atoms with van der Waals surface area (Å²) >= 11 is 3.58. The van der Waals surface area contributed by atoms with Crippen molar-refractivity contribution in [3.05, 3.63) is 34.3 Å². The second-order valence-corrected chi connectivity index (χ2v) is 7.27. The number of hydrogen-bond acceptors (Lipinski definition) is 2. The summed E-state index contributed by atoms with van der Waals surface area (Å²) < 4.78 is 1.13. The van der Waals surface area contributed by atoms with E-state index in [0.717, 1.165) is 10.4 Å². The van der Waals surface area contributed by atoms with E-state index in [1.807, 2.05) is 0 Å². The van der Waals surface area contributed by atoms with E-state index in [9.17, 15) is 0 Å². The van der Waals surface area contributed by atoms with Crippen LogP contribution in [-0.2, 0) is 0 Å². The Hall–Kier alpha value is -0.380. The third kappa shape index (κ3) is 3.63. The third-order valence-electron chi connectivity index (χ3n) is 4.72. The van der Waals surface area contributed by atoms with Gasteiger partial charge in [-0.3, -0.25) is 4.90 Å². The summed E-state index contributed by atoms with van der Waals surface area (Å²) in [6.07, 6.45) is 5.38. The minimum atomic E-state index is 0.128. The van der Waals surface area contributed by atoms with Crippen molar-refractivity contribution < 1.29 is 0 Å². The van der Waals surface area contributed by atoms with Crippen LogP contribution in [0.2, 0.25) is 0 Å². The maximum atomic E-state index is 6.31. The molecule has 4 unspecified atom stereocenters. The van der Waals surface area contributed by atoms with E-state index in [0.29, 0.717) is 6.04 Å². The molecule has 0 saturated heterocycles. The number of rotatable bonds is 4. The highest BCUT2D eigenvalue weighted by Crippen LogP contribution is 2.34. The van der Waals surface area contributed by atoms with Crippen LogP contribution in [0.4, 0.5) is 0 Å². The van der Waals surface area contributed by atoms with Gasteiger partial charge >= 0.3 is 0 Å². The lowest BCUT2D eigenvalue weighted by molar-refractivity contribution is 0.0859. The Bertz CT molecular complexity index is 433. The van der Waals surface area contributed by atoms with Crippen molar-refractivity contribution in [2.75, 3.05) is 7.05 Å². The van der Waals surface area contributed by atoms with Crippen molar-refractivity contribution in [2.45, 2.75) is 57.7 Å². The van der Waals surface area contributed by atoms with Gasteiger partial charge in [-0.1, -0.05) is 47.8 Å².